The fraction of sp³-hybridized carbons (Fsp3) is 0.400. The lowest BCUT2D eigenvalue weighted by Gasteiger charge is -2.30. The van der Waals surface area contributed by atoms with Crippen LogP contribution in [-0.2, 0) is 9.47 Å². The summed E-state index contributed by atoms with van der Waals surface area (Å²) in [5.41, 5.74) is 1.82. The molecule has 0 saturated heterocycles. The number of ether oxygens (including phenoxy) is 2. The molecule has 6 nitrogen and oxygen atoms in total. The maximum atomic E-state index is 9.37. The molecular formula is C15H19N3O3. The molecule has 0 radical (unpaired) electrons. The summed E-state index contributed by atoms with van der Waals surface area (Å²) < 4.78 is 12.7. The number of nitrogens with one attached hydrogen (secondary N) is 1. The Kier molecular flexibility index (Phi) is 3.81. The first-order valence-electron chi connectivity index (χ1n) is 6.91. The van der Waals surface area contributed by atoms with Crippen LogP contribution in [0.2, 0.25) is 0 Å². The highest BCUT2D eigenvalue weighted by Crippen LogP contribution is 2.31. The zero-order chi connectivity index (χ0) is 14.8. The molecule has 0 bridgehead atoms. The van der Waals surface area contributed by atoms with Gasteiger partial charge in [0.25, 0.3) is 0 Å². The van der Waals surface area contributed by atoms with Gasteiger partial charge in [0.2, 0.25) is 0 Å². The normalized spacial score (nSPS) is 17.6. The Hall–Kier alpha value is -2.05. The first-order chi connectivity index (χ1) is 10.2. The van der Waals surface area contributed by atoms with Gasteiger partial charge in [0.1, 0.15) is 17.6 Å². The molecule has 1 aliphatic rings. The quantitative estimate of drug-likeness (QED) is 0.845. The van der Waals surface area contributed by atoms with Crippen molar-refractivity contribution in [1.82, 2.24) is 9.78 Å². The number of fused-ring (bicyclic) bond motifs is 1. The molecule has 21 heavy (non-hydrogen) atoms. The van der Waals surface area contributed by atoms with E-state index in [9.17, 15) is 5.11 Å². The molecule has 1 aromatic heterocycles. The molecule has 1 aromatic carbocycles. The predicted octanol–water partition coefficient (Wildman–Crippen LogP) is 2.23. The SMILES string of the molecule is COC(OC)C1CCNc2cc(-c3ccc(O)cc3)nn21. The number of hydrogen-bond acceptors (Lipinski definition) is 5. The fourth-order valence-electron chi connectivity index (χ4n) is 2.68. The lowest BCUT2D eigenvalue weighted by Crippen LogP contribution is -2.34. The van der Waals surface area contributed by atoms with Gasteiger partial charge in [0.15, 0.2) is 6.29 Å². The van der Waals surface area contributed by atoms with Gasteiger partial charge in [-0.25, -0.2) is 4.68 Å². The van der Waals surface area contributed by atoms with Crippen molar-refractivity contribution in [3.05, 3.63) is 30.3 Å². The second-order valence-corrected chi connectivity index (χ2v) is 5.03. The number of aromatic nitrogens is 2. The number of hydrogen-bond donors (Lipinski definition) is 2. The van der Waals surface area contributed by atoms with Gasteiger partial charge in [-0.1, -0.05) is 0 Å². The van der Waals surface area contributed by atoms with E-state index in [1.165, 1.54) is 0 Å². The van der Waals surface area contributed by atoms with Crippen molar-refractivity contribution < 1.29 is 14.6 Å². The van der Waals surface area contributed by atoms with Crippen LogP contribution in [0.1, 0.15) is 12.5 Å². The molecule has 3 rings (SSSR count). The molecule has 0 spiro atoms. The van der Waals surface area contributed by atoms with Crippen LogP contribution in [0.4, 0.5) is 5.82 Å². The van der Waals surface area contributed by atoms with E-state index < -0.39 is 0 Å². The minimum atomic E-state index is -0.321. The van der Waals surface area contributed by atoms with Crippen molar-refractivity contribution in [1.29, 1.82) is 0 Å². The number of anilines is 1. The number of phenolic OH excluding ortho intramolecular Hbond substituents is 1. The van der Waals surface area contributed by atoms with Gasteiger partial charge < -0.3 is 19.9 Å². The van der Waals surface area contributed by atoms with Crippen LogP contribution in [-0.4, -0.2) is 41.9 Å². The average Bonchev–Trinajstić information content (AvgIpc) is 2.94. The van der Waals surface area contributed by atoms with E-state index in [0.29, 0.717) is 0 Å². The third kappa shape index (κ3) is 2.59. The van der Waals surface area contributed by atoms with Crippen LogP contribution < -0.4 is 5.32 Å². The summed E-state index contributed by atoms with van der Waals surface area (Å²) in [6, 6.07) is 9.06. The van der Waals surface area contributed by atoms with E-state index in [1.807, 2.05) is 22.9 Å². The van der Waals surface area contributed by atoms with E-state index in [1.54, 1.807) is 26.4 Å². The molecular weight excluding hydrogens is 270 g/mol. The summed E-state index contributed by atoms with van der Waals surface area (Å²) in [7, 11) is 3.28. The maximum Gasteiger partial charge on any atom is 0.179 e. The van der Waals surface area contributed by atoms with E-state index in [-0.39, 0.29) is 18.1 Å². The van der Waals surface area contributed by atoms with Gasteiger partial charge in [-0.2, -0.15) is 5.10 Å². The first-order valence-corrected chi connectivity index (χ1v) is 6.91. The Morgan fingerprint density at radius 2 is 2.00 bits per heavy atom. The van der Waals surface area contributed by atoms with Gasteiger partial charge in [-0.05, 0) is 30.7 Å². The molecule has 0 saturated carbocycles. The number of benzene rings is 1. The van der Waals surface area contributed by atoms with Crippen LogP contribution in [0.25, 0.3) is 11.3 Å². The molecule has 0 fully saturated rings. The van der Waals surface area contributed by atoms with Crippen molar-refractivity contribution in [2.24, 2.45) is 0 Å². The summed E-state index contributed by atoms with van der Waals surface area (Å²) in [6.45, 7) is 0.856. The van der Waals surface area contributed by atoms with Crippen LogP contribution >= 0.6 is 0 Å². The number of aromatic hydroxyl groups is 1. The highest BCUT2D eigenvalue weighted by molar-refractivity contribution is 5.64. The van der Waals surface area contributed by atoms with Gasteiger partial charge in [0.05, 0.1) is 5.69 Å². The van der Waals surface area contributed by atoms with Crippen LogP contribution in [0.3, 0.4) is 0 Å². The minimum Gasteiger partial charge on any atom is -0.508 e. The Labute approximate surface area is 123 Å². The molecule has 112 valence electrons. The van der Waals surface area contributed by atoms with Gasteiger partial charge in [0, 0.05) is 32.4 Å². The van der Waals surface area contributed by atoms with Crippen molar-refractivity contribution >= 4 is 5.82 Å². The van der Waals surface area contributed by atoms with E-state index >= 15 is 0 Å². The van der Waals surface area contributed by atoms with E-state index in [0.717, 1.165) is 30.0 Å². The summed E-state index contributed by atoms with van der Waals surface area (Å²) in [5.74, 6) is 1.20. The highest BCUT2D eigenvalue weighted by Gasteiger charge is 2.29. The fourth-order valence-corrected chi connectivity index (χ4v) is 2.68. The Morgan fingerprint density at radius 3 is 2.67 bits per heavy atom. The zero-order valence-electron chi connectivity index (χ0n) is 12.1. The lowest BCUT2D eigenvalue weighted by atomic mass is 10.1. The lowest BCUT2D eigenvalue weighted by molar-refractivity contribution is -0.135. The van der Waals surface area contributed by atoms with Crippen molar-refractivity contribution in [2.75, 3.05) is 26.1 Å². The van der Waals surface area contributed by atoms with Crippen LogP contribution in [0.15, 0.2) is 30.3 Å². The highest BCUT2D eigenvalue weighted by atomic mass is 16.7. The molecule has 1 aliphatic heterocycles. The molecule has 6 heteroatoms. The molecule has 2 N–H and O–H groups in total. The molecule has 1 atom stereocenters. The number of nitrogens with zero attached hydrogens (tertiary/aromatic N) is 2. The number of rotatable bonds is 4. The Bertz CT molecular complexity index is 605. The Morgan fingerprint density at radius 1 is 1.29 bits per heavy atom. The average molecular weight is 289 g/mol. The standard InChI is InChI=1S/C15H19N3O3/c1-20-15(21-2)13-7-8-16-14-9-12(17-18(13)14)10-3-5-11(19)6-4-10/h3-6,9,13,15-16,19H,7-8H2,1-2H3. The molecule has 2 heterocycles. The molecule has 0 aliphatic carbocycles. The summed E-state index contributed by atoms with van der Waals surface area (Å²) in [4.78, 5) is 0. The zero-order valence-corrected chi connectivity index (χ0v) is 12.1. The molecule has 0 amide bonds. The summed E-state index contributed by atoms with van der Waals surface area (Å²) in [5, 5.41) is 17.4. The van der Waals surface area contributed by atoms with Gasteiger partial charge in [-0.3, -0.25) is 0 Å². The van der Waals surface area contributed by atoms with Crippen molar-refractivity contribution in [3.63, 3.8) is 0 Å². The third-order valence-corrected chi connectivity index (χ3v) is 3.74. The second kappa shape index (κ2) is 5.75. The largest absolute Gasteiger partial charge is 0.508 e. The number of phenols is 1. The van der Waals surface area contributed by atoms with Gasteiger partial charge in [-0.15, -0.1) is 0 Å². The minimum absolute atomic E-state index is 0.0436. The third-order valence-electron chi connectivity index (χ3n) is 3.74. The monoisotopic (exact) mass is 289 g/mol. The smallest absolute Gasteiger partial charge is 0.179 e. The van der Waals surface area contributed by atoms with Crippen molar-refractivity contribution in [3.8, 4) is 17.0 Å². The number of methoxy groups -OCH3 is 2. The predicted molar refractivity (Wildman–Crippen MR) is 79.3 cm³/mol. The first kappa shape index (κ1) is 13.9. The Balaban J connectivity index is 1.95. The van der Waals surface area contributed by atoms with Gasteiger partial charge >= 0.3 is 0 Å². The summed E-state index contributed by atoms with van der Waals surface area (Å²) >= 11 is 0. The van der Waals surface area contributed by atoms with E-state index in [2.05, 4.69) is 10.4 Å². The van der Waals surface area contributed by atoms with Crippen LogP contribution in [0, 0.1) is 0 Å². The summed E-state index contributed by atoms with van der Waals surface area (Å²) in [6.07, 6.45) is 0.564. The van der Waals surface area contributed by atoms with Crippen molar-refractivity contribution in [2.45, 2.75) is 18.8 Å². The second-order valence-electron chi connectivity index (χ2n) is 5.03. The maximum absolute atomic E-state index is 9.37. The topological polar surface area (TPSA) is 68.5 Å². The molecule has 1 unspecified atom stereocenters. The van der Waals surface area contributed by atoms with Crippen LogP contribution in [0.5, 0.6) is 5.75 Å². The van der Waals surface area contributed by atoms with E-state index in [4.69, 9.17) is 9.47 Å². The molecule has 2 aromatic rings.